The molecule has 0 radical (unpaired) electrons. The Morgan fingerprint density at radius 3 is 2.41 bits per heavy atom. The number of nitrogens with zero attached hydrogens (tertiary/aromatic N) is 1. The van der Waals surface area contributed by atoms with Crippen LogP contribution in [0.1, 0.15) is 40.5 Å². The third-order valence-electron chi connectivity index (χ3n) is 2.56. The monoisotopic (exact) mass is 236 g/mol. The molecule has 0 aromatic carbocycles. The molecule has 3 heteroatoms. The van der Waals surface area contributed by atoms with Gasteiger partial charge in [0.15, 0.2) is 0 Å². The maximum absolute atomic E-state index is 11.6. The van der Waals surface area contributed by atoms with Crippen molar-refractivity contribution in [2.24, 2.45) is 22.6 Å². The standard InChI is InChI=1S/C14H24N2O/c1-6-16-9-13(15)12(5)7-11(4)8-14(17)10(2)3/h6,9-11H,5,7-8,15H2,1-4H3/b13-9+,16-6?. The lowest BCUT2D eigenvalue weighted by Crippen LogP contribution is -2.13. The molecule has 2 N–H and O–H groups in total. The zero-order valence-electron chi connectivity index (χ0n) is 11.4. The highest BCUT2D eigenvalue weighted by Gasteiger charge is 2.13. The van der Waals surface area contributed by atoms with Crippen LogP contribution in [0.4, 0.5) is 0 Å². The minimum atomic E-state index is 0.100. The summed E-state index contributed by atoms with van der Waals surface area (Å²) in [6.45, 7) is 11.6. The SMILES string of the molecule is C=C(CC(C)CC(=O)C(C)C)/C(N)=C\N=CC. The van der Waals surface area contributed by atoms with Crippen LogP contribution in [0.5, 0.6) is 0 Å². The number of hydrogen-bond acceptors (Lipinski definition) is 3. The lowest BCUT2D eigenvalue weighted by Gasteiger charge is -2.13. The summed E-state index contributed by atoms with van der Waals surface area (Å²) in [5.41, 5.74) is 7.24. The fourth-order valence-corrected chi connectivity index (χ4v) is 1.44. The minimum absolute atomic E-state index is 0.100. The van der Waals surface area contributed by atoms with E-state index in [-0.39, 0.29) is 11.8 Å². The van der Waals surface area contributed by atoms with Crippen LogP contribution in [-0.2, 0) is 4.79 Å². The summed E-state index contributed by atoms with van der Waals surface area (Å²) in [6, 6.07) is 0. The maximum Gasteiger partial charge on any atom is 0.135 e. The van der Waals surface area contributed by atoms with Gasteiger partial charge in [-0.25, -0.2) is 0 Å². The minimum Gasteiger partial charge on any atom is -0.397 e. The van der Waals surface area contributed by atoms with Crippen molar-refractivity contribution in [2.45, 2.75) is 40.5 Å². The lowest BCUT2D eigenvalue weighted by molar-refractivity contribution is -0.122. The van der Waals surface area contributed by atoms with E-state index in [0.29, 0.717) is 17.9 Å². The van der Waals surface area contributed by atoms with Gasteiger partial charge in [0.2, 0.25) is 0 Å². The molecule has 1 unspecified atom stereocenters. The van der Waals surface area contributed by atoms with E-state index in [2.05, 4.69) is 11.6 Å². The van der Waals surface area contributed by atoms with Crippen LogP contribution in [-0.4, -0.2) is 12.0 Å². The quantitative estimate of drug-likeness (QED) is 0.545. The van der Waals surface area contributed by atoms with Crippen molar-refractivity contribution in [3.8, 4) is 0 Å². The molecule has 0 aromatic rings. The van der Waals surface area contributed by atoms with Gasteiger partial charge in [-0.05, 0) is 24.8 Å². The number of aliphatic imine (C=N–C) groups is 1. The highest BCUT2D eigenvalue weighted by Crippen LogP contribution is 2.19. The molecule has 1 atom stereocenters. The highest BCUT2D eigenvalue weighted by atomic mass is 16.1. The molecule has 0 saturated carbocycles. The molecule has 0 aliphatic heterocycles. The molecular formula is C14H24N2O. The van der Waals surface area contributed by atoms with E-state index in [4.69, 9.17) is 5.73 Å². The van der Waals surface area contributed by atoms with Crippen molar-refractivity contribution in [1.29, 1.82) is 0 Å². The predicted molar refractivity (Wildman–Crippen MR) is 73.8 cm³/mol. The van der Waals surface area contributed by atoms with Crippen LogP contribution in [0.25, 0.3) is 0 Å². The molecule has 17 heavy (non-hydrogen) atoms. The topological polar surface area (TPSA) is 55.5 Å². The van der Waals surface area contributed by atoms with Crippen LogP contribution in [0.15, 0.2) is 29.0 Å². The number of carbonyl (C=O) groups is 1. The van der Waals surface area contributed by atoms with Crippen LogP contribution in [0.2, 0.25) is 0 Å². The Morgan fingerprint density at radius 2 is 1.94 bits per heavy atom. The van der Waals surface area contributed by atoms with Gasteiger partial charge in [-0.2, -0.15) is 0 Å². The zero-order chi connectivity index (χ0) is 13.4. The van der Waals surface area contributed by atoms with Gasteiger partial charge in [-0.15, -0.1) is 0 Å². The molecule has 0 heterocycles. The molecule has 0 bridgehead atoms. The third-order valence-corrected chi connectivity index (χ3v) is 2.56. The van der Waals surface area contributed by atoms with Crippen molar-refractivity contribution in [2.75, 3.05) is 0 Å². The summed E-state index contributed by atoms with van der Waals surface area (Å²) in [4.78, 5) is 15.5. The number of allylic oxidation sites excluding steroid dienone is 1. The normalized spacial score (nSPS) is 14.3. The first-order valence-electron chi connectivity index (χ1n) is 6.02. The summed E-state index contributed by atoms with van der Waals surface area (Å²) in [5.74, 6) is 0.665. The Bertz CT molecular complexity index is 327. The van der Waals surface area contributed by atoms with Crippen molar-refractivity contribution >= 4 is 12.0 Å². The van der Waals surface area contributed by atoms with Gasteiger partial charge in [0.25, 0.3) is 0 Å². The number of hydrogen-bond donors (Lipinski definition) is 1. The number of Topliss-reactive ketones (excluding diaryl/α,β-unsaturated/α-hetero) is 1. The second-order valence-corrected chi connectivity index (χ2v) is 4.73. The Hall–Kier alpha value is -1.38. The van der Waals surface area contributed by atoms with Gasteiger partial charge < -0.3 is 5.73 Å². The lowest BCUT2D eigenvalue weighted by atomic mass is 9.92. The van der Waals surface area contributed by atoms with Crippen molar-refractivity contribution in [3.63, 3.8) is 0 Å². The second-order valence-electron chi connectivity index (χ2n) is 4.73. The molecule has 0 amide bonds. The van der Waals surface area contributed by atoms with Crippen LogP contribution in [0, 0.1) is 11.8 Å². The molecule has 0 spiro atoms. The molecular weight excluding hydrogens is 212 g/mol. The van der Waals surface area contributed by atoms with Gasteiger partial charge in [0.05, 0.1) is 5.70 Å². The van der Waals surface area contributed by atoms with E-state index in [1.807, 2.05) is 27.7 Å². The van der Waals surface area contributed by atoms with Gasteiger partial charge in [0.1, 0.15) is 5.78 Å². The Balaban J connectivity index is 4.25. The second kappa shape index (κ2) is 7.82. The van der Waals surface area contributed by atoms with E-state index in [0.717, 1.165) is 12.0 Å². The fourth-order valence-electron chi connectivity index (χ4n) is 1.44. The first kappa shape index (κ1) is 15.6. The first-order valence-corrected chi connectivity index (χ1v) is 6.02. The number of carbonyl (C=O) groups excluding carboxylic acids is 1. The summed E-state index contributed by atoms with van der Waals surface area (Å²) in [5, 5.41) is 0. The molecule has 0 rings (SSSR count). The number of rotatable bonds is 7. The highest BCUT2D eigenvalue weighted by molar-refractivity contribution is 5.80. The van der Waals surface area contributed by atoms with Crippen molar-refractivity contribution in [1.82, 2.24) is 0 Å². The molecule has 0 saturated heterocycles. The smallest absolute Gasteiger partial charge is 0.135 e. The molecule has 0 aromatic heterocycles. The number of nitrogens with two attached hydrogens (primary N) is 1. The van der Waals surface area contributed by atoms with E-state index in [1.165, 1.54) is 0 Å². The van der Waals surface area contributed by atoms with Crippen LogP contribution >= 0.6 is 0 Å². The van der Waals surface area contributed by atoms with Gasteiger partial charge in [-0.3, -0.25) is 9.79 Å². The van der Waals surface area contributed by atoms with Gasteiger partial charge in [-0.1, -0.05) is 27.4 Å². The number of ketones is 1. The van der Waals surface area contributed by atoms with Gasteiger partial charge >= 0.3 is 0 Å². The summed E-state index contributed by atoms with van der Waals surface area (Å²) >= 11 is 0. The van der Waals surface area contributed by atoms with Gasteiger partial charge in [0, 0.05) is 24.8 Å². The molecule has 0 fully saturated rings. The summed E-state index contributed by atoms with van der Waals surface area (Å²) < 4.78 is 0. The van der Waals surface area contributed by atoms with Crippen molar-refractivity contribution in [3.05, 3.63) is 24.0 Å². The van der Waals surface area contributed by atoms with E-state index < -0.39 is 0 Å². The Morgan fingerprint density at radius 1 is 1.35 bits per heavy atom. The molecule has 96 valence electrons. The predicted octanol–water partition coefficient (Wildman–Crippen LogP) is 3.07. The van der Waals surface area contributed by atoms with Crippen molar-refractivity contribution < 1.29 is 4.79 Å². The maximum atomic E-state index is 11.6. The largest absolute Gasteiger partial charge is 0.397 e. The average Bonchev–Trinajstić information content (AvgIpc) is 2.25. The Labute approximate surface area is 105 Å². The Kier molecular flexibility index (Phi) is 7.19. The fraction of sp³-hybridized carbons (Fsp3) is 0.571. The third kappa shape index (κ3) is 6.72. The van der Waals surface area contributed by atoms with E-state index >= 15 is 0 Å². The summed E-state index contributed by atoms with van der Waals surface area (Å²) in [7, 11) is 0. The van der Waals surface area contributed by atoms with E-state index in [9.17, 15) is 4.79 Å². The average molecular weight is 236 g/mol. The molecule has 0 aliphatic rings. The summed E-state index contributed by atoms with van der Waals surface area (Å²) in [6.07, 6.45) is 4.59. The first-order chi connectivity index (χ1) is 7.88. The zero-order valence-corrected chi connectivity index (χ0v) is 11.4. The van der Waals surface area contributed by atoms with Crippen LogP contribution < -0.4 is 5.73 Å². The van der Waals surface area contributed by atoms with E-state index in [1.54, 1.807) is 12.4 Å². The molecule has 3 nitrogen and oxygen atoms in total. The molecule has 0 aliphatic carbocycles. The van der Waals surface area contributed by atoms with Crippen LogP contribution in [0.3, 0.4) is 0 Å².